The average molecular weight is 377 g/mol. The molecule has 1 amide bonds. The summed E-state index contributed by atoms with van der Waals surface area (Å²) in [7, 11) is 0. The normalized spacial score (nSPS) is 11.7. The molecule has 0 fully saturated rings. The second-order valence-corrected chi connectivity index (χ2v) is 6.46. The van der Waals surface area contributed by atoms with Gasteiger partial charge in [0.15, 0.2) is 6.10 Å². The first-order valence-electron chi connectivity index (χ1n) is 9.22. The van der Waals surface area contributed by atoms with Crippen molar-refractivity contribution in [3.05, 3.63) is 71.8 Å². The largest absolute Gasteiger partial charge is 0.481 e. The monoisotopic (exact) mass is 377 g/mol. The molecule has 3 aromatic rings. The van der Waals surface area contributed by atoms with E-state index in [2.05, 4.69) is 5.32 Å². The SMILES string of the molecule is CCOC(=O)c1cccc(NC(=O)[C@H](C)Oc2ccc3ccccc3c2)c1C. The summed E-state index contributed by atoms with van der Waals surface area (Å²) in [4.78, 5) is 24.6. The zero-order valence-corrected chi connectivity index (χ0v) is 16.2. The molecular weight excluding hydrogens is 354 g/mol. The first kappa shape index (κ1) is 19.4. The molecule has 0 aliphatic heterocycles. The van der Waals surface area contributed by atoms with Crippen molar-refractivity contribution in [3.8, 4) is 5.75 Å². The number of carbonyl (C=O) groups is 2. The summed E-state index contributed by atoms with van der Waals surface area (Å²) in [6.45, 7) is 5.52. The van der Waals surface area contributed by atoms with Crippen LogP contribution in [0, 0.1) is 6.92 Å². The highest BCUT2D eigenvalue weighted by Gasteiger charge is 2.18. The molecule has 0 aliphatic carbocycles. The van der Waals surface area contributed by atoms with Gasteiger partial charge in [-0.05, 0) is 61.4 Å². The van der Waals surface area contributed by atoms with Crippen LogP contribution in [0.2, 0.25) is 0 Å². The first-order valence-corrected chi connectivity index (χ1v) is 9.22. The van der Waals surface area contributed by atoms with Gasteiger partial charge in [-0.2, -0.15) is 0 Å². The minimum atomic E-state index is -0.702. The summed E-state index contributed by atoms with van der Waals surface area (Å²) in [6, 6.07) is 18.8. The lowest BCUT2D eigenvalue weighted by Gasteiger charge is -2.17. The van der Waals surface area contributed by atoms with Gasteiger partial charge in [-0.3, -0.25) is 4.79 Å². The van der Waals surface area contributed by atoms with Gasteiger partial charge >= 0.3 is 5.97 Å². The maximum Gasteiger partial charge on any atom is 0.338 e. The number of ether oxygens (including phenoxy) is 2. The average Bonchev–Trinajstić information content (AvgIpc) is 2.69. The van der Waals surface area contributed by atoms with E-state index in [1.165, 1.54) is 0 Å². The number of nitrogens with one attached hydrogen (secondary N) is 1. The van der Waals surface area contributed by atoms with Crippen LogP contribution in [0.15, 0.2) is 60.7 Å². The second kappa shape index (κ2) is 8.57. The Morgan fingerprint density at radius 1 is 1.00 bits per heavy atom. The minimum absolute atomic E-state index is 0.294. The van der Waals surface area contributed by atoms with E-state index < -0.39 is 12.1 Å². The maximum absolute atomic E-state index is 12.6. The van der Waals surface area contributed by atoms with Crippen molar-refractivity contribution in [1.82, 2.24) is 0 Å². The van der Waals surface area contributed by atoms with E-state index in [9.17, 15) is 9.59 Å². The zero-order valence-electron chi connectivity index (χ0n) is 16.2. The van der Waals surface area contributed by atoms with Crippen molar-refractivity contribution in [2.45, 2.75) is 26.9 Å². The van der Waals surface area contributed by atoms with E-state index in [4.69, 9.17) is 9.47 Å². The molecule has 0 unspecified atom stereocenters. The highest BCUT2D eigenvalue weighted by Crippen LogP contribution is 2.23. The van der Waals surface area contributed by atoms with E-state index in [-0.39, 0.29) is 5.91 Å². The molecule has 144 valence electrons. The van der Waals surface area contributed by atoms with E-state index in [1.807, 2.05) is 42.5 Å². The van der Waals surface area contributed by atoms with Crippen LogP contribution in [0.4, 0.5) is 5.69 Å². The van der Waals surface area contributed by atoms with Crippen LogP contribution >= 0.6 is 0 Å². The molecular formula is C23H23NO4. The van der Waals surface area contributed by atoms with Gasteiger partial charge in [0.25, 0.3) is 5.91 Å². The van der Waals surface area contributed by atoms with Crippen LogP contribution in [0.1, 0.15) is 29.8 Å². The summed E-state index contributed by atoms with van der Waals surface area (Å²) in [5.74, 6) is -0.0767. The van der Waals surface area contributed by atoms with Crippen molar-refractivity contribution < 1.29 is 19.1 Å². The Hall–Kier alpha value is -3.34. The fourth-order valence-corrected chi connectivity index (χ4v) is 2.93. The lowest BCUT2D eigenvalue weighted by molar-refractivity contribution is -0.122. The van der Waals surface area contributed by atoms with Gasteiger partial charge in [0.1, 0.15) is 5.75 Å². The summed E-state index contributed by atoms with van der Waals surface area (Å²) in [5.41, 5.74) is 1.65. The number of carbonyl (C=O) groups excluding carboxylic acids is 2. The van der Waals surface area contributed by atoms with Gasteiger partial charge < -0.3 is 14.8 Å². The Labute approximate surface area is 164 Å². The number of esters is 1. The number of fused-ring (bicyclic) bond motifs is 1. The van der Waals surface area contributed by atoms with Crippen LogP contribution in [0.3, 0.4) is 0 Å². The van der Waals surface area contributed by atoms with E-state index in [0.29, 0.717) is 29.2 Å². The van der Waals surface area contributed by atoms with Crippen LogP contribution in [0.5, 0.6) is 5.75 Å². The molecule has 0 saturated carbocycles. The fourth-order valence-electron chi connectivity index (χ4n) is 2.93. The fraction of sp³-hybridized carbons (Fsp3) is 0.217. The number of benzene rings is 3. The standard InChI is InChI=1S/C23H23NO4/c1-4-27-23(26)20-10-7-11-21(15(20)2)24-22(25)16(3)28-19-13-12-17-8-5-6-9-18(17)14-19/h5-14,16H,4H2,1-3H3,(H,24,25)/t16-/m0/s1. The highest BCUT2D eigenvalue weighted by molar-refractivity contribution is 5.98. The van der Waals surface area contributed by atoms with Crippen LogP contribution in [-0.4, -0.2) is 24.6 Å². The van der Waals surface area contributed by atoms with Gasteiger partial charge in [-0.25, -0.2) is 4.79 Å². The van der Waals surface area contributed by atoms with Crippen molar-refractivity contribution in [1.29, 1.82) is 0 Å². The number of rotatable bonds is 6. The molecule has 0 aromatic heterocycles. The Balaban J connectivity index is 1.71. The van der Waals surface area contributed by atoms with Crippen LogP contribution in [0.25, 0.3) is 10.8 Å². The summed E-state index contributed by atoms with van der Waals surface area (Å²) >= 11 is 0. The molecule has 5 heteroatoms. The first-order chi connectivity index (χ1) is 13.5. The maximum atomic E-state index is 12.6. The Kier molecular flexibility index (Phi) is 5.94. The van der Waals surface area contributed by atoms with E-state index in [0.717, 1.165) is 10.8 Å². The lowest BCUT2D eigenvalue weighted by Crippen LogP contribution is -2.30. The molecule has 3 rings (SSSR count). The summed E-state index contributed by atoms with van der Waals surface area (Å²) < 4.78 is 10.9. The van der Waals surface area contributed by atoms with Crippen LogP contribution in [-0.2, 0) is 9.53 Å². The van der Waals surface area contributed by atoms with E-state index in [1.54, 1.807) is 39.0 Å². The highest BCUT2D eigenvalue weighted by atomic mass is 16.5. The van der Waals surface area contributed by atoms with Crippen molar-refractivity contribution in [3.63, 3.8) is 0 Å². The number of anilines is 1. The zero-order chi connectivity index (χ0) is 20.1. The Morgan fingerprint density at radius 2 is 1.75 bits per heavy atom. The number of amides is 1. The molecule has 1 atom stereocenters. The molecule has 0 spiro atoms. The Morgan fingerprint density at radius 3 is 2.50 bits per heavy atom. The molecule has 0 aliphatic rings. The molecule has 3 aromatic carbocycles. The quantitative estimate of drug-likeness (QED) is 0.631. The molecule has 28 heavy (non-hydrogen) atoms. The van der Waals surface area contributed by atoms with Crippen molar-refractivity contribution >= 4 is 28.3 Å². The third kappa shape index (κ3) is 4.31. The minimum Gasteiger partial charge on any atom is -0.481 e. The molecule has 0 bridgehead atoms. The van der Waals surface area contributed by atoms with Crippen molar-refractivity contribution in [2.24, 2.45) is 0 Å². The van der Waals surface area contributed by atoms with Crippen LogP contribution < -0.4 is 10.1 Å². The summed E-state index contributed by atoms with van der Waals surface area (Å²) in [5, 5.41) is 4.99. The van der Waals surface area contributed by atoms with Gasteiger partial charge in [-0.1, -0.05) is 36.4 Å². The second-order valence-electron chi connectivity index (χ2n) is 6.46. The predicted molar refractivity (Wildman–Crippen MR) is 110 cm³/mol. The molecule has 5 nitrogen and oxygen atoms in total. The van der Waals surface area contributed by atoms with Gasteiger partial charge in [0.05, 0.1) is 12.2 Å². The number of hydrogen-bond donors (Lipinski definition) is 1. The molecule has 1 N–H and O–H groups in total. The number of hydrogen-bond acceptors (Lipinski definition) is 4. The smallest absolute Gasteiger partial charge is 0.338 e. The van der Waals surface area contributed by atoms with Gasteiger partial charge in [0.2, 0.25) is 0 Å². The van der Waals surface area contributed by atoms with Gasteiger partial charge in [0, 0.05) is 5.69 Å². The Bertz CT molecular complexity index is 1010. The van der Waals surface area contributed by atoms with Crippen molar-refractivity contribution in [2.75, 3.05) is 11.9 Å². The third-order valence-electron chi connectivity index (χ3n) is 4.49. The van der Waals surface area contributed by atoms with Gasteiger partial charge in [-0.15, -0.1) is 0 Å². The topological polar surface area (TPSA) is 64.6 Å². The molecule has 0 radical (unpaired) electrons. The lowest BCUT2D eigenvalue weighted by atomic mass is 10.1. The third-order valence-corrected chi connectivity index (χ3v) is 4.49. The predicted octanol–water partition coefficient (Wildman–Crippen LogP) is 4.73. The summed E-state index contributed by atoms with van der Waals surface area (Å²) in [6.07, 6.45) is -0.702. The van der Waals surface area contributed by atoms with E-state index >= 15 is 0 Å². The molecule has 0 heterocycles. The molecule has 0 saturated heterocycles.